The van der Waals surface area contributed by atoms with Crippen molar-refractivity contribution < 1.29 is 28.2 Å². The molecule has 0 amide bonds. The van der Waals surface area contributed by atoms with E-state index in [-0.39, 0.29) is 6.10 Å². The zero-order valence-corrected chi connectivity index (χ0v) is 14.1. The second-order valence-corrected chi connectivity index (χ2v) is 6.07. The van der Waals surface area contributed by atoms with Crippen LogP contribution >= 0.6 is 0 Å². The summed E-state index contributed by atoms with van der Waals surface area (Å²) in [6.45, 7) is 2.99. The summed E-state index contributed by atoms with van der Waals surface area (Å²) in [5.74, 6) is -2.76. The molecule has 0 atom stereocenters. The topological polar surface area (TPSA) is 65.7 Å². The molecule has 1 aromatic heterocycles. The maximum atomic E-state index is 10.6. The molecule has 0 radical (unpaired) electrons. The minimum absolute atomic E-state index is 0.0904. The molecule has 26 heavy (non-hydrogen) atoms. The zero-order valence-electron chi connectivity index (χ0n) is 14.1. The molecule has 0 bridgehead atoms. The molecule has 5 nitrogen and oxygen atoms in total. The van der Waals surface area contributed by atoms with Crippen molar-refractivity contribution in [2.75, 3.05) is 13.1 Å². The molecule has 2 aromatic rings. The van der Waals surface area contributed by atoms with Gasteiger partial charge in [-0.3, -0.25) is 4.90 Å². The van der Waals surface area contributed by atoms with Crippen LogP contribution in [0.4, 0.5) is 13.2 Å². The van der Waals surface area contributed by atoms with Crippen molar-refractivity contribution in [2.45, 2.75) is 31.7 Å². The first-order valence-corrected chi connectivity index (χ1v) is 8.18. The van der Waals surface area contributed by atoms with Gasteiger partial charge >= 0.3 is 12.1 Å². The molecule has 1 aromatic carbocycles. The Labute approximate surface area is 149 Å². The third-order valence-corrected chi connectivity index (χ3v) is 4.04. The first-order chi connectivity index (χ1) is 12.3. The number of rotatable bonds is 3. The number of halogens is 3. The fourth-order valence-electron chi connectivity index (χ4n) is 2.62. The van der Waals surface area contributed by atoms with E-state index in [9.17, 15) is 18.3 Å². The zero-order chi connectivity index (χ0) is 19.2. The number of hydrogen-bond acceptors (Lipinski definition) is 3. The molecule has 0 unspecified atom stereocenters. The highest BCUT2D eigenvalue weighted by molar-refractivity contribution is 5.73. The normalized spacial score (nSPS) is 16.0. The molecule has 2 N–H and O–H groups in total. The van der Waals surface area contributed by atoms with E-state index in [4.69, 9.17) is 9.90 Å². The lowest BCUT2D eigenvalue weighted by Gasteiger charge is -2.29. The van der Waals surface area contributed by atoms with E-state index in [0.717, 1.165) is 32.5 Å². The quantitative estimate of drug-likeness (QED) is 0.872. The fraction of sp³-hybridized carbons (Fsp3) is 0.389. The van der Waals surface area contributed by atoms with E-state index in [0.29, 0.717) is 0 Å². The lowest BCUT2D eigenvalue weighted by atomic mass is 10.1. The Bertz CT molecular complexity index is 677. The molecule has 1 fully saturated rings. The molecule has 0 aliphatic carbocycles. The van der Waals surface area contributed by atoms with Crippen LogP contribution in [-0.2, 0) is 11.3 Å². The number of carboxylic acids is 1. The molecule has 8 heteroatoms. The second-order valence-electron chi connectivity index (χ2n) is 6.07. The predicted molar refractivity (Wildman–Crippen MR) is 90.0 cm³/mol. The average Bonchev–Trinajstić information content (AvgIpc) is 3.12. The number of hydrogen-bond donors (Lipinski definition) is 2. The van der Waals surface area contributed by atoms with Gasteiger partial charge in [-0.15, -0.1) is 0 Å². The van der Waals surface area contributed by atoms with Crippen molar-refractivity contribution in [1.29, 1.82) is 0 Å². The van der Waals surface area contributed by atoms with Gasteiger partial charge in [-0.1, -0.05) is 12.1 Å². The van der Waals surface area contributed by atoms with Crippen LogP contribution in [0.5, 0.6) is 0 Å². The lowest BCUT2D eigenvalue weighted by Crippen LogP contribution is -2.35. The molecule has 0 spiro atoms. The van der Waals surface area contributed by atoms with Gasteiger partial charge in [0.2, 0.25) is 0 Å². The third-order valence-electron chi connectivity index (χ3n) is 4.04. The molecule has 3 rings (SSSR count). The van der Waals surface area contributed by atoms with Crippen LogP contribution in [0.1, 0.15) is 18.4 Å². The number of aliphatic hydroxyl groups excluding tert-OH is 1. The molecule has 0 saturated carbocycles. The van der Waals surface area contributed by atoms with Crippen molar-refractivity contribution >= 4 is 5.97 Å². The number of nitrogens with zero attached hydrogens (tertiary/aromatic N) is 2. The maximum Gasteiger partial charge on any atom is 0.490 e. The van der Waals surface area contributed by atoms with Crippen LogP contribution in [0.2, 0.25) is 0 Å². The van der Waals surface area contributed by atoms with Crippen LogP contribution in [0.25, 0.3) is 5.69 Å². The Morgan fingerprint density at radius 1 is 1.08 bits per heavy atom. The highest BCUT2D eigenvalue weighted by Crippen LogP contribution is 2.16. The molecular weight excluding hydrogens is 349 g/mol. The lowest BCUT2D eigenvalue weighted by molar-refractivity contribution is -0.192. The van der Waals surface area contributed by atoms with Crippen molar-refractivity contribution in [3.63, 3.8) is 0 Å². The monoisotopic (exact) mass is 370 g/mol. The standard InChI is InChI=1S/C16H20N2O.C2HF3O2/c19-16-7-11-17(12-8-16)13-14-3-5-15(6-4-14)18-9-1-2-10-18;3-2(4,5)1(6)7/h1-6,9-10,16,19H,7-8,11-13H2;(H,6,7). The van der Waals surface area contributed by atoms with E-state index < -0.39 is 12.1 Å². The van der Waals surface area contributed by atoms with Crippen molar-refractivity contribution in [1.82, 2.24) is 9.47 Å². The number of alkyl halides is 3. The third kappa shape index (κ3) is 6.20. The van der Waals surface area contributed by atoms with Gasteiger partial charge in [0.1, 0.15) is 0 Å². The predicted octanol–water partition coefficient (Wildman–Crippen LogP) is 3.07. The van der Waals surface area contributed by atoms with Crippen LogP contribution in [0.3, 0.4) is 0 Å². The first kappa shape index (κ1) is 20.0. The molecular formula is C18H21F3N2O3. The number of aromatic nitrogens is 1. The summed E-state index contributed by atoms with van der Waals surface area (Å²) >= 11 is 0. The summed E-state index contributed by atoms with van der Waals surface area (Å²) < 4.78 is 33.8. The van der Waals surface area contributed by atoms with Gasteiger partial charge in [0.05, 0.1) is 6.10 Å². The number of likely N-dealkylation sites (tertiary alicyclic amines) is 1. The van der Waals surface area contributed by atoms with Gasteiger partial charge in [0.25, 0.3) is 0 Å². The smallest absolute Gasteiger partial charge is 0.475 e. The van der Waals surface area contributed by atoms with Gasteiger partial charge in [0.15, 0.2) is 0 Å². The van der Waals surface area contributed by atoms with Gasteiger partial charge < -0.3 is 14.8 Å². The fourth-order valence-corrected chi connectivity index (χ4v) is 2.62. The van der Waals surface area contributed by atoms with E-state index in [1.165, 1.54) is 11.3 Å². The van der Waals surface area contributed by atoms with Crippen LogP contribution in [0.15, 0.2) is 48.8 Å². The Hall–Kier alpha value is -2.32. The van der Waals surface area contributed by atoms with Crippen LogP contribution < -0.4 is 0 Å². The van der Waals surface area contributed by atoms with Crippen molar-refractivity contribution in [3.8, 4) is 5.69 Å². The minimum Gasteiger partial charge on any atom is -0.475 e. The number of aliphatic carboxylic acids is 1. The summed E-state index contributed by atoms with van der Waals surface area (Å²) in [6.07, 6.45) is 0.748. The first-order valence-electron chi connectivity index (χ1n) is 8.18. The largest absolute Gasteiger partial charge is 0.490 e. The van der Waals surface area contributed by atoms with Crippen LogP contribution in [-0.4, -0.2) is 51.0 Å². The minimum atomic E-state index is -5.08. The Balaban J connectivity index is 0.000000298. The summed E-state index contributed by atoms with van der Waals surface area (Å²) in [5, 5.41) is 16.6. The maximum absolute atomic E-state index is 10.6. The molecule has 142 valence electrons. The van der Waals surface area contributed by atoms with Crippen LogP contribution in [0, 0.1) is 0 Å². The van der Waals surface area contributed by atoms with Gasteiger partial charge in [0, 0.05) is 37.7 Å². The number of carbonyl (C=O) groups is 1. The Morgan fingerprint density at radius 2 is 1.58 bits per heavy atom. The van der Waals surface area contributed by atoms with Gasteiger partial charge in [-0.2, -0.15) is 13.2 Å². The van der Waals surface area contributed by atoms with E-state index in [1.807, 2.05) is 12.1 Å². The highest BCUT2D eigenvalue weighted by Gasteiger charge is 2.38. The van der Waals surface area contributed by atoms with Gasteiger partial charge in [-0.25, -0.2) is 4.79 Å². The van der Waals surface area contributed by atoms with Gasteiger partial charge in [-0.05, 0) is 42.7 Å². The number of benzene rings is 1. The summed E-state index contributed by atoms with van der Waals surface area (Å²) in [6, 6.07) is 12.8. The van der Waals surface area contributed by atoms with Crippen molar-refractivity contribution in [3.05, 3.63) is 54.4 Å². The number of carboxylic acid groups (broad SMARTS) is 1. The molecule has 2 heterocycles. The Kier molecular flexibility index (Phi) is 6.82. The SMILES string of the molecule is O=C(O)C(F)(F)F.OC1CCN(Cc2ccc(-n3cccc3)cc2)CC1. The Morgan fingerprint density at radius 3 is 2.04 bits per heavy atom. The van der Waals surface area contributed by atoms with Crippen molar-refractivity contribution in [2.24, 2.45) is 0 Å². The number of aliphatic hydroxyl groups is 1. The number of piperidine rings is 1. The molecule has 1 aliphatic heterocycles. The summed E-state index contributed by atoms with van der Waals surface area (Å²) in [7, 11) is 0. The molecule has 1 aliphatic rings. The van der Waals surface area contributed by atoms with E-state index >= 15 is 0 Å². The highest BCUT2D eigenvalue weighted by atomic mass is 19.4. The average molecular weight is 370 g/mol. The van der Waals surface area contributed by atoms with E-state index in [1.54, 1.807) is 0 Å². The summed E-state index contributed by atoms with van der Waals surface area (Å²) in [5.41, 5.74) is 2.54. The molecule has 1 saturated heterocycles. The summed E-state index contributed by atoms with van der Waals surface area (Å²) in [4.78, 5) is 11.3. The second kappa shape index (κ2) is 8.86. The van der Waals surface area contributed by atoms with E-state index in [2.05, 4.69) is 46.1 Å².